The molecule has 1 aromatic heterocycles. The molecule has 0 unspecified atom stereocenters. The molecule has 0 aliphatic carbocycles. The summed E-state index contributed by atoms with van der Waals surface area (Å²) in [5.74, 6) is 2.98. The maximum atomic E-state index is 12.3. The molecule has 1 heterocycles. The molecular weight excluding hydrogens is 458 g/mol. The molecule has 0 saturated heterocycles. The Morgan fingerprint density at radius 3 is 2.26 bits per heavy atom. The zero-order valence-corrected chi connectivity index (χ0v) is 20.5. The van der Waals surface area contributed by atoms with Gasteiger partial charge in [-0.25, -0.2) is 5.43 Å². The molecule has 0 bridgehead atoms. The van der Waals surface area contributed by atoms with Crippen molar-refractivity contribution in [1.29, 1.82) is 0 Å². The average molecular weight is 486 g/mol. The molecule has 34 heavy (non-hydrogen) atoms. The summed E-state index contributed by atoms with van der Waals surface area (Å²) in [6, 6.07) is 10.9. The normalized spacial score (nSPS) is 10.9. The number of rotatable bonds is 11. The number of carbonyl (C=O) groups is 1. The van der Waals surface area contributed by atoms with Gasteiger partial charge in [0.25, 0.3) is 5.91 Å². The Morgan fingerprint density at radius 2 is 1.62 bits per heavy atom. The second kappa shape index (κ2) is 11.9. The minimum Gasteiger partial charge on any atom is -0.493 e. The molecule has 0 aliphatic heterocycles. The Bertz CT molecular complexity index is 1160. The van der Waals surface area contributed by atoms with Gasteiger partial charge in [0.1, 0.15) is 0 Å². The number of hydrogen-bond donors (Lipinski definition) is 1. The molecule has 1 N–H and O–H groups in total. The highest BCUT2D eigenvalue weighted by atomic mass is 32.2. The van der Waals surface area contributed by atoms with E-state index in [0.717, 1.165) is 11.1 Å². The SMILES string of the molecule is CCn1c(SCC(=O)N/N=C\c2ccc(OC)c(OC)c2)nnc1-c1ccc(OC)c(OC)c1. The molecule has 11 heteroatoms. The quantitative estimate of drug-likeness (QED) is 0.250. The number of amides is 1. The minimum absolute atomic E-state index is 0.132. The van der Waals surface area contributed by atoms with Crippen molar-refractivity contribution in [2.45, 2.75) is 18.6 Å². The molecule has 3 rings (SSSR count). The summed E-state index contributed by atoms with van der Waals surface area (Å²) >= 11 is 1.28. The van der Waals surface area contributed by atoms with E-state index in [1.807, 2.05) is 35.8 Å². The molecule has 1 amide bonds. The summed E-state index contributed by atoms with van der Waals surface area (Å²) in [6.45, 7) is 2.63. The van der Waals surface area contributed by atoms with Crippen LogP contribution in [0.4, 0.5) is 0 Å². The fourth-order valence-electron chi connectivity index (χ4n) is 3.14. The van der Waals surface area contributed by atoms with Crippen LogP contribution < -0.4 is 24.4 Å². The zero-order valence-electron chi connectivity index (χ0n) is 19.7. The average Bonchev–Trinajstić information content (AvgIpc) is 3.29. The number of carbonyl (C=O) groups excluding carboxylic acids is 1. The molecule has 3 aromatic rings. The Labute approximate surface area is 202 Å². The Hall–Kier alpha value is -3.73. The highest BCUT2D eigenvalue weighted by molar-refractivity contribution is 7.99. The van der Waals surface area contributed by atoms with Gasteiger partial charge in [0, 0.05) is 12.1 Å². The first kappa shape index (κ1) is 24.9. The van der Waals surface area contributed by atoms with Gasteiger partial charge in [-0.1, -0.05) is 11.8 Å². The first-order chi connectivity index (χ1) is 16.5. The Balaban J connectivity index is 1.63. The molecule has 0 saturated carbocycles. The molecule has 0 fully saturated rings. The lowest BCUT2D eigenvalue weighted by Gasteiger charge is -2.10. The fraction of sp³-hybridized carbons (Fsp3) is 0.304. The summed E-state index contributed by atoms with van der Waals surface area (Å²) in [7, 11) is 6.30. The van der Waals surface area contributed by atoms with E-state index in [1.54, 1.807) is 40.6 Å². The number of nitrogens with zero attached hydrogens (tertiary/aromatic N) is 4. The lowest BCUT2D eigenvalue weighted by molar-refractivity contribution is -0.118. The first-order valence-corrected chi connectivity index (χ1v) is 11.3. The van der Waals surface area contributed by atoms with E-state index in [2.05, 4.69) is 20.7 Å². The van der Waals surface area contributed by atoms with Gasteiger partial charge in [0.05, 0.1) is 40.4 Å². The van der Waals surface area contributed by atoms with Gasteiger partial charge in [-0.15, -0.1) is 10.2 Å². The van der Waals surface area contributed by atoms with Gasteiger partial charge in [0.2, 0.25) is 0 Å². The lowest BCUT2D eigenvalue weighted by atomic mass is 10.2. The predicted octanol–water partition coefficient (Wildman–Crippen LogP) is 3.24. The van der Waals surface area contributed by atoms with E-state index in [1.165, 1.54) is 18.0 Å². The van der Waals surface area contributed by atoms with E-state index in [9.17, 15) is 4.79 Å². The number of aromatic nitrogens is 3. The summed E-state index contributed by atoms with van der Waals surface area (Å²) in [6.07, 6.45) is 1.54. The Morgan fingerprint density at radius 1 is 0.971 bits per heavy atom. The fourth-order valence-corrected chi connectivity index (χ4v) is 3.94. The van der Waals surface area contributed by atoms with Crippen LogP contribution in [0.2, 0.25) is 0 Å². The second-order valence-corrected chi connectivity index (χ2v) is 7.76. The van der Waals surface area contributed by atoms with Crippen molar-refractivity contribution in [2.24, 2.45) is 5.10 Å². The number of methoxy groups -OCH3 is 4. The third-order valence-corrected chi connectivity index (χ3v) is 5.78. The van der Waals surface area contributed by atoms with Crippen molar-refractivity contribution >= 4 is 23.9 Å². The van der Waals surface area contributed by atoms with Crippen molar-refractivity contribution in [3.63, 3.8) is 0 Å². The molecule has 2 aromatic carbocycles. The van der Waals surface area contributed by atoms with E-state index < -0.39 is 0 Å². The molecule has 0 radical (unpaired) electrons. The van der Waals surface area contributed by atoms with E-state index >= 15 is 0 Å². The summed E-state index contributed by atoms with van der Waals surface area (Å²) < 4.78 is 23.1. The molecule has 0 atom stereocenters. The van der Waals surface area contributed by atoms with Crippen molar-refractivity contribution < 1.29 is 23.7 Å². The van der Waals surface area contributed by atoms with Crippen molar-refractivity contribution in [2.75, 3.05) is 34.2 Å². The largest absolute Gasteiger partial charge is 0.493 e. The van der Waals surface area contributed by atoms with E-state index in [4.69, 9.17) is 18.9 Å². The maximum Gasteiger partial charge on any atom is 0.250 e. The summed E-state index contributed by atoms with van der Waals surface area (Å²) in [4.78, 5) is 12.3. The smallest absolute Gasteiger partial charge is 0.250 e. The van der Waals surface area contributed by atoms with Crippen LogP contribution in [0.3, 0.4) is 0 Å². The van der Waals surface area contributed by atoms with Gasteiger partial charge in [-0.05, 0) is 48.9 Å². The molecule has 10 nitrogen and oxygen atoms in total. The highest BCUT2D eigenvalue weighted by Gasteiger charge is 2.16. The van der Waals surface area contributed by atoms with Crippen molar-refractivity contribution in [3.8, 4) is 34.4 Å². The van der Waals surface area contributed by atoms with Crippen LogP contribution in [0.1, 0.15) is 12.5 Å². The van der Waals surface area contributed by atoms with Crippen LogP contribution in [0, 0.1) is 0 Å². The van der Waals surface area contributed by atoms with E-state index in [-0.39, 0.29) is 11.7 Å². The summed E-state index contributed by atoms with van der Waals surface area (Å²) in [5.41, 5.74) is 4.12. The first-order valence-electron chi connectivity index (χ1n) is 10.4. The molecule has 0 spiro atoms. The Kier molecular flexibility index (Phi) is 8.74. The number of benzene rings is 2. The third-order valence-electron chi connectivity index (χ3n) is 4.82. The van der Waals surface area contributed by atoms with Gasteiger partial charge in [0.15, 0.2) is 34.0 Å². The predicted molar refractivity (Wildman–Crippen MR) is 130 cm³/mol. The van der Waals surface area contributed by atoms with Crippen LogP contribution in [0.5, 0.6) is 23.0 Å². The minimum atomic E-state index is -0.264. The molecule has 180 valence electrons. The zero-order chi connectivity index (χ0) is 24.5. The monoisotopic (exact) mass is 485 g/mol. The van der Waals surface area contributed by atoms with Gasteiger partial charge >= 0.3 is 0 Å². The molecule has 0 aliphatic rings. The number of hydrazone groups is 1. The number of hydrogen-bond acceptors (Lipinski definition) is 9. The van der Waals surface area contributed by atoms with E-state index in [0.29, 0.717) is 40.5 Å². The molecular formula is C23H27N5O5S. The number of nitrogens with one attached hydrogen (secondary N) is 1. The topological polar surface area (TPSA) is 109 Å². The van der Waals surface area contributed by atoms with Gasteiger partial charge < -0.3 is 23.5 Å². The third kappa shape index (κ3) is 5.79. The van der Waals surface area contributed by atoms with Crippen LogP contribution >= 0.6 is 11.8 Å². The van der Waals surface area contributed by atoms with Crippen molar-refractivity contribution in [3.05, 3.63) is 42.0 Å². The number of thioether (sulfide) groups is 1. The maximum absolute atomic E-state index is 12.3. The lowest BCUT2D eigenvalue weighted by Crippen LogP contribution is -2.20. The second-order valence-electron chi connectivity index (χ2n) is 6.82. The van der Waals surface area contributed by atoms with Crippen LogP contribution in [0.25, 0.3) is 11.4 Å². The van der Waals surface area contributed by atoms with Crippen LogP contribution in [-0.2, 0) is 11.3 Å². The van der Waals surface area contributed by atoms with Gasteiger partial charge in [-0.3, -0.25) is 4.79 Å². The number of ether oxygens (including phenoxy) is 4. The van der Waals surface area contributed by atoms with Crippen LogP contribution in [0.15, 0.2) is 46.7 Å². The highest BCUT2D eigenvalue weighted by Crippen LogP contribution is 2.33. The summed E-state index contributed by atoms with van der Waals surface area (Å²) in [5, 5.41) is 13.2. The van der Waals surface area contributed by atoms with Crippen LogP contribution in [-0.4, -0.2) is 61.1 Å². The standard InChI is InChI=1S/C23H27N5O5S/c1-6-28-22(16-8-10-18(31-3)20(12-16)33-5)26-27-23(28)34-14-21(29)25-24-13-15-7-9-17(30-2)19(11-15)32-4/h7-13H,6,14H2,1-5H3,(H,25,29)/b24-13-. The van der Waals surface area contributed by atoms with Crippen molar-refractivity contribution in [1.82, 2.24) is 20.2 Å². The van der Waals surface area contributed by atoms with Gasteiger partial charge in [-0.2, -0.15) is 5.10 Å².